The first-order chi connectivity index (χ1) is 17.5. The molecule has 3 nitrogen and oxygen atoms in total. The summed E-state index contributed by atoms with van der Waals surface area (Å²) in [5.41, 5.74) is 8.91. The Labute approximate surface area is 217 Å². The van der Waals surface area contributed by atoms with Crippen LogP contribution in [0.15, 0.2) is 82.7 Å². The van der Waals surface area contributed by atoms with Crippen molar-refractivity contribution in [3.8, 4) is 16.9 Å². The molecule has 1 fully saturated rings. The maximum atomic E-state index is 14.6. The van der Waals surface area contributed by atoms with Crippen LogP contribution in [-0.2, 0) is 17.6 Å². The van der Waals surface area contributed by atoms with Crippen molar-refractivity contribution in [2.45, 2.75) is 68.7 Å². The maximum absolute atomic E-state index is 14.6. The summed E-state index contributed by atoms with van der Waals surface area (Å²) in [6.45, 7) is 4.20. The average Bonchev–Trinajstić information content (AvgIpc) is 2.89. The van der Waals surface area contributed by atoms with Crippen molar-refractivity contribution < 1.29 is 0 Å². The van der Waals surface area contributed by atoms with Crippen LogP contribution in [0.3, 0.4) is 0 Å². The summed E-state index contributed by atoms with van der Waals surface area (Å²) >= 11 is 1.66. The zero-order valence-electron chi connectivity index (χ0n) is 21.1. The molecule has 4 heteroatoms. The van der Waals surface area contributed by atoms with Crippen LogP contribution in [-0.4, -0.2) is 9.55 Å². The third-order valence-electron chi connectivity index (χ3n) is 7.94. The van der Waals surface area contributed by atoms with Crippen LogP contribution in [0.5, 0.6) is 0 Å². The quantitative estimate of drug-likeness (QED) is 0.218. The molecule has 0 bridgehead atoms. The van der Waals surface area contributed by atoms with Gasteiger partial charge in [0.05, 0.1) is 16.9 Å². The van der Waals surface area contributed by atoms with Gasteiger partial charge in [0.15, 0.2) is 5.16 Å². The predicted octanol–water partition coefficient (Wildman–Crippen LogP) is 7.57. The molecule has 0 radical (unpaired) electrons. The molecule has 0 N–H and O–H groups in total. The van der Waals surface area contributed by atoms with Gasteiger partial charge < -0.3 is 0 Å². The van der Waals surface area contributed by atoms with Crippen molar-refractivity contribution in [2.75, 3.05) is 0 Å². The first-order valence-corrected chi connectivity index (χ1v) is 14.0. The van der Waals surface area contributed by atoms with Crippen molar-refractivity contribution in [1.29, 1.82) is 0 Å². The van der Waals surface area contributed by atoms with Gasteiger partial charge in [0, 0.05) is 16.7 Å². The van der Waals surface area contributed by atoms with Crippen LogP contribution < -0.4 is 5.56 Å². The summed E-state index contributed by atoms with van der Waals surface area (Å²) in [7, 11) is 0. The number of thioether (sulfide) groups is 1. The number of hydrogen-bond acceptors (Lipinski definition) is 3. The molecular formula is C32H32N2OS. The molecule has 0 amide bonds. The fourth-order valence-electron chi connectivity index (χ4n) is 6.16. The first-order valence-electron chi connectivity index (χ1n) is 13.1. The molecule has 4 aromatic rings. The highest BCUT2D eigenvalue weighted by atomic mass is 32.2. The Morgan fingerprint density at radius 3 is 2.44 bits per heavy atom. The lowest BCUT2D eigenvalue weighted by Crippen LogP contribution is -2.42. The number of rotatable bonds is 4. The van der Waals surface area contributed by atoms with E-state index in [2.05, 4.69) is 86.6 Å². The highest BCUT2D eigenvalue weighted by molar-refractivity contribution is 7.98. The summed E-state index contributed by atoms with van der Waals surface area (Å²) in [4.78, 5) is 19.9. The lowest BCUT2D eigenvalue weighted by atomic mass is 9.62. The number of aryl methyl sites for hydroxylation is 2. The topological polar surface area (TPSA) is 34.9 Å². The number of benzene rings is 3. The van der Waals surface area contributed by atoms with E-state index in [1.165, 1.54) is 41.5 Å². The van der Waals surface area contributed by atoms with Gasteiger partial charge >= 0.3 is 0 Å². The fourth-order valence-corrected chi connectivity index (χ4v) is 7.10. The second-order valence-corrected chi connectivity index (χ2v) is 11.5. The number of nitrogens with zero attached hydrogens (tertiary/aromatic N) is 2. The molecule has 1 spiro atoms. The van der Waals surface area contributed by atoms with E-state index in [0.717, 1.165) is 52.7 Å². The number of fused-ring (bicyclic) bond motifs is 4. The third-order valence-corrected chi connectivity index (χ3v) is 8.95. The largest absolute Gasteiger partial charge is 0.268 e. The predicted molar refractivity (Wildman–Crippen MR) is 149 cm³/mol. The zero-order valence-corrected chi connectivity index (χ0v) is 21.9. The van der Waals surface area contributed by atoms with E-state index in [1.807, 2.05) is 4.57 Å². The fraction of sp³-hybridized carbons (Fsp3) is 0.312. The Balaban J connectivity index is 1.57. The molecule has 2 aliphatic carbocycles. The van der Waals surface area contributed by atoms with Crippen LogP contribution in [0.25, 0.3) is 16.9 Å². The highest BCUT2D eigenvalue weighted by Crippen LogP contribution is 2.49. The van der Waals surface area contributed by atoms with E-state index in [-0.39, 0.29) is 11.0 Å². The monoisotopic (exact) mass is 492 g/mol. The molecule has 0 saturated heterocycles. The third kappa shape index (κ3) is 4.12. The summed E-state index contributed by atoms with van der Waals surface area (Å²) < 4.78 is 1.89. The van der Waals surface area contributed by atoms with Crippen LogP contribution >= 0.6 is 11.8 Å². The summed E-state index contributed by atoms with van der Waals surface area (Å²) in [5.74, 6) is 0.769. The minimum Gasteiger partial charge on any atom is -0.268 e. The molecule has 182 valence electrons. The second-order valence-electron chi connectivity index (χ2n) is 10.5. The smallest absolute Gasteiger partial charge is 0.263 e. The van der Waals surface area contributed by atoms with E-state index >= 15 is 0 Å². The van der Waals surface area contributed by atoms with Gasteiger partial charge in [0.25, 0.3) is 5.56 Å². The van der Waals surface area contributed by atoms with Gasteiger partial charge in [-0.25, -0.2) is 4.98 Å². The molecule has 0 aliphatic heterocycles. The van der Waals surface area contributed by atoms with Crippen molar-refractivity contribution in [3.05, 3.63) is 111 Å². The Bertz CT molecular complexity index is 1480. The molecule has 36 heavy (non-hydrogen) atoms. The Morgan fingerprint density at radius 2 is 1.67 bits per heavy atom. The van der Waals surface area contributed by atoms with E-state index in [1.54, 1.807) is 11.8 Å². The van der Waals surface area contributed by atoms with Gasteiger partial charge in [0.1, 0.15) is 0 Å². The average molecular weight is 493 g/mol. The summed E-state index contributed by atoms with van der Waals surface area (Å²) in [5, 5.41) is 0.770. The molecule has 6 rings (SSSR count). The minimum atomic E-state index is -0.113. The Kier molecular flexibility index (Phi) is 6.08. The molecule has 1 saturated carbocycles. The lowest BCUT2D eigenvalue weighted by molar-refractivity contribution is 0.283. The number of hydrogen-bond donors (Lipinski definition) is 0. The van der Waals surface area contributed by atoms with Crippen molar-refractivity contribution in [3.63, 3.8) is 0 Å². The minimum absolute atomic E-state index is 0.113. The van der Waals surface area contributed by atoms with E-state index in [0.29, 0.717) is 0 Å². The lowest BCUT2D eigenvalue weighted by Gasteiger charge is -2.42. The van der Waals surface area contributed by atoms with Crippen LogP contribution in [0.2, 0.25) is 0 Å². The molecule has 0 atom stereocenters. The summed E-state index contributed by atoms with van der Waals surface area (Å²) in [6, 6.07) is 25.5. The molecule has 1 heterocycles. The van der Waals surface area contributed by atoms with Gasteiger partial charge in [-0.15, -0.1) is 0 Å². The molecule has 1 aromatic heterocycles. The molecular weight excluding hydrogens is 460 g/mol. The van der Waals surface area contributed by atoms with E-state index < -0.39 is 0 Å². The Hall–Kier alpha value is -3.11. The zero-order chi connectivity index (χ0) is 24.7. The molecule has 3 aromatic carbocycles. The highest BCUT2D eigenvalue weighted by Gasteiger charge is 2.43. The Morgan fingerprint density at radius 1 is 0.889 bits per heavy atom. The molecule has 2 aliphatic rings. The van der Waals surface area contributed by atoms with Gasteiger partial charge in [-0.3, -0.25) is 9.36 Å². The van der Waals surface area contributed by atoms with Crippen LogP contribution in [0, 0.1) is 13.8 Å². The van der Waals surface area contributed by atoms with E-state index in [4.69, 9.17) is 4.98 Å². The van der Waals surface area contributed by atoms with Gasteiger partial charge in [-0.2, -0.15) is 0 Å². The van der Waals surface area contributed by atoms with Crippen LogP contribution in [0.1, 0.15) is 59.9 Å². The van der Waals surface area contributed by atoms with E-state index in [9.17, 15) is 4.79 Å². The van der Waals surface area contributed by atoms with Gasteiger partial charge in [-0.1, -0.05) is 103 Å². The standard InChI is InChI=1S/C32H32N2OS/c1-22-13-15-26(16-14-22)34-30(35)28-29(33-31(34)36-21-24-10-8-9-23(2)19-24)27-12-5-4-11-25(27)20-32(28)17-6-3-7-18-32/h4-5,8-16,19H,3,6-7,17-18,20-21H2,1-2H3. The van der Waals surface area contributed by atoms with Crippen LogP contribution in [0.4, 0.5) is 0 Å². The number of aromatic nitrogens is 2. The van der Waals surface area contributed by atoms with Crippen molar-refractivity contribution in [1.82, 2.24) is 9.55 Å². The van der Waals surface area contributed by atoms with Gasteiger partial charge in [0.2, 0.25) is 0 Å². The summed E-state index contributed by atoms with van der Waals surface area (Å²) in [6.07, 6.45) is 6.67. The normalized spacial score (nSPS) is 15.9. The SMILES string of the molecule is Cc1ccc(-n2c(SCc3cccc(C)c3)nc3c(c2=O)C2(CCCCC2)Cc2ccccc2-3)cc1. The maximum Gasteiger partial charge on any atom is 0.263 e. The first kappa shape index (κ1) is 23.3. The molecule has 0 unspecified atom stereocenters. The van der Waals surface area contributed by atoms with Gasteiger partial charge in [-0.05, 0) is 56.4 Å². The van der Waals surface area contributed by atoms with Crippen molar-refractivity contribution >= 4 is 11.8 Å². The van der Waals surface area contributed by atoms with Crippen molar-refractivity contribution in [2.24, 2.45) is 0 Å². The second kappa shape index (κ2) is 9.40.